The SMILES string of the molecule is O=C(Nc1ccc(Cl)c(S(=O)(=O)N2CCN(C(=O)O)CC2)c1O)NC1CCCC1. The number of hydrogen-bond acceptors (Lipinski definition) is 5. The molecule has 0 radical (unpaired) electrons. The molecule has 1 saturated carbocycles. The summed E-state index contributed by atoms with van der Waals surface area (Å²) in [4.78, 5) is 23.8. The summed E-state index contributed by atoms with van der Waals surface area (Å²) in [5, 5.41) is 24.6. The number of carboxylic acid groups (broad SMARTS) is 1. The van der Waals surface area contributed by atoms with Crippen molar-refractivity contribution in [2.24, 2.45) is 0 Å². The Kier molecular flexibility index (Phi) is 6.39. The second-order valence-electron chi connectivity index (χ2n) is 7.03. The maximum absolute atomic E-state index is 13.0. The second-order valence-corrected chi connectivity index (χ2v) is 9.31. The number of nitrogens with zero attached hydrogens (tertiary/aromatic N) is 2. The van der Waals surface area contributed by atoms with Gasteiger partial charge in [0.15, 0.2) is 5.75 Å². The number of carbonyl (C=O) groups excluding carboxylic acids is 1. The van der Waals surface area contributed by atoms with Gasteiger partial charge in [0, 0.05) is 32.2 Å². The summed E-state index contributed by atoms with van der Waals surface area (Å²) in [6.45, 7) is -0.113. The summed E-state index contributed by atoms with van der Waals surface area (Å²) in [6, 6.07) is 2.13. The third kappa shape index (κ3) is 4.68. The molecule has 0 unspecified atom stereocenters. The van der Waals surface area contributed by atoms with Crippen LogP contribution in [-0.2, 0) is 10.0 Å². The summed E-state index contributed by atoms with van der Waals surface area (Å²) in [7, 11) is -4.19. The highest BCUT2D eigenvalue weighted by atomic mass is 35.5. The van der Waals surface area contributed by atoms with Crippen LogP contribution in [0.3, 0.4) is 0 Å². The molecule has 2 aliphatic rings. The number of phenolic OH excluding ortho intramolecular Hbond substituents is 1. The fourth-order valence-corrected chi connectivity index (χ4v) is 5.57. The predicted molar refractivity (Wildman–Crippen MR) is 106 cm³/mol. The van der Waals surface area contributed by atoms with E-state index in [4.69, 9.17) is 16.7 Å². The van der Waals surface area contributed by atoms with E-state index >= 15 is 0 Å². The molecule has 12 heteroatoms. The molecule has 3 rings (SSSR count). The van der Waals surface area contributed by atoms with Crippen molar-refractivity contribution < 1.29 is 28.2 Å². The molecule has 1 aliphatic carbocycles. The lowest BCUT2D eigenvalue weighted by molar-refractivity contribution is 0.126. The van der Waals surface area contributed by atoms with Gasteiger partial charge in [0.2, 0.25) is 10.0 Å². The second kappa shape index (κ2) is 8.64. The summed E-state index contributed by atoms with van der Waals surface area (Å²) in [6.07, 6.45) is 2.70. The van der Waals surface area contributed by atoms with Crippen LogP contribution in [-0.4, -0.2) is 72.2 Å². The average molecular weight is 447 g/mol. The van der Waals surface area contributed by atoms with Crippen LogP contribution in [0.4, 0.5) is 15.3 Å². The van der Waals surface area contributed by atoms with E-state index in [1.54, 1.807) is 0 Å². The molecule has 29 heavy (non-hydrogen) atoms. The van der Waals surface area contributed by atoms with Crippen molar-refractivity contribution in [1.29, 1.82) is 0 Å². The van der Waals surface area contributed by atoms with Crippen molar-refractivity contribution in [2.45, 2.75) is 36.6 Å². The monoisotopic (exact) mass is 446 g/mol. The molecule has 0 atom stereocenters. The van der Waals surface area contributed by atoms with Crippen LogP contribution in [0.2, 0.25) is 5.02 Å². The van der Waals surface area contributed by atoms with Crippen LogP contribution < -0.4 is 10.6 Å². The molecule has 1 saturated heterocycles. The van der Waals surface area contributed by atoms with E-state index in [0.717, 1.165) is 34.9 Å². The number of phenols is 1. The lowest BCUT2D eigenvalue weighted by atomic mass is 10.2. The van der Waals surface area contributed by atoms with Crippen molar-refractivity contribution in [1.82, 2.24) is 14.5 Å². The Bertz CT molecular complexity index is 895. The van der Waals surface area contributed by atoms with Crippen LogP contribution in [0.15, 0.2) is 17.0 Å². The van der Waals surface area contributed by atoms with E-state index in [9.17, 15) is 23.1 Å². The third-order valence-corrected chi connectivity index (χ3v) is 7.53. The number of urea groups is 1. The van der Waals surface area contributed by atoms with Crippen LogP contribution in [0, 0.1) is 0 Å². The maximum atomic E-state index is 13.0. The van der Waals surface area contributed by atoms with E-state index in [-0.39, 0.29) is 42.9 Å². The molecule has 0 aromatic heterocycles. The summed E-state index contributed by atoms with van der Waals surface area (Å²) in [5.74, 6) is -0.653. The van der Waals surface area contributed by atoms with Gasteiger partial charge in [0.25, 0.3) is 0 Å². The quantitative estimate of drug-likeness (QED) is 0.522. The standard InChI is InChI=1S/C17H23ClN4O6S/c18-12-5-6-13(20-16(24)19-11-3-1-2-4-11)14(23)15(12)29(27,28)22-9-7-21(8-10-22)17(25)26/h5-6,11,23H,1-4,7-10H2,(H,25,26)(H2,19,20,24). The van der Waals surface area contributed by atoms with Gasteiger partial charge < -0.3 is 25.7 Å². The largest absolute Gasteiger partial charge is 0.504 e. The molecule has 1 aromatic carbocycles. The fourth-order valence-electron chi connectivity index (χ4n) is 3.56. The number of nitrogens with one attached hydrogen (secondary N) is 2. The Balaban J connectivity index is 1.79. The lowest BCUT2D eigenvalue weighted by Gasteiger charge is -2.32. The summed E-state index contributed by atoms with van der Waals surface area (Å²) < 4.78 is 27.1. The van der Waals surface area contributed by atoms with Gasteiger partial charge in [-0.3, -0.25) is 0 Å². The lowest BCUT2D eigenvalue weighted by Crippen LogP contribution is -2.50. The van der Waals surface area contributed by atoms with E-state index in [1.807, 2.05) is 0 Å². The fraction of sp³-hybridized carbons (Fsp3) is 0.529. The van der Waals surface area contributed by atoms with Gasteiger partial charge in [-0.15, -0.1) is 0 Å². The van der Waals surface area contributed by atoms with Crippen LogP contribution in [0.5, 0.6) is 5.75 Å². The number of anilines is 1. The minimum Gasteiger partial charge on any atom is -0.504 e. The number of hydrogen-bond donors (Lipinski definition) is 4. The first-order chi connectivity index (χ1) is 13.7. The first-order valence-electron chi connectivity index (χ1n) is 9.27. The first kappa shape index (κ1) is 21.5. The van der Waals surface area contributed by atoms with Crippen molar-refractivity contribution in [3.63, 3.8) is 0 Å². The summed E-state index contributed by atoms with van der Waals surface area (Å²) in [5.41, 5.74) is -0.0763. The number of carbonyl (C=O) groups is 2. The molecule has 160 valence electrons. The molecule has 3 amide bonds. The van der Waals surface area contributed by atoms with E-state index in [1.165, 1.54) is 12.1 Å². The number of piperazine rings is 1. The molecule has 0 spiro atoms. The van der Waals surface area contributed by atoms with Crippen molar-refractivity contribution in [3.8, 4) is 5.75 Å². The predicted octanol–water partition coefficient (Wildman–Crippen LogP) is 2.09. The number of sulfonamides is 1. The van der Waals surface area contributed by atoms with Gasteiger partial charge in [0.1, 0.15) is 4.90 Å². The number of amides is 3. The number of aromatic hydroxyl groups is 1. The van der Waals surface area contributed by atoms with Crippen molar-refractivity contribution in [3.05, 3.63) is 17.2 Å². The van der Waals surface area contributed by atoms with Crippen LogP contribution >= 0.6 is 11.6 Å². The molecule has 1 aliphatic heterocycles. The van der Waals surface area contributed by atoms with Gasteiger partial charge in [-0.05, 0) is 25.0 Å². The Morgan fingerprint density at radius 2 is 1.72 bits per heavy atom. The van der Waals surface area contributed by atoms with Crippen LogP contribution in [0.25, 0.3) is 0 Å². The smallest absolute Gasteiger partial charge is 0.407 e. The topological polar surface area (TPSA) is 139 Å². The average Bonchev–Trinajstić information content (AvgIpc) is 3.17. The highest BCUT2D eigenvalue weighted by molar-refractivity contribution is 7.89. The Morgan fingerprint density at radius 3 is 2.31 bits per heavy atom. The molecule has 2 fully saturated rings. The van der Waals surface area contributed by atoms with E-state index < -0.39 is 32.8 Å². The Hall–Kier alpha value is -2.24. The molecular weight excluding hydrogens is 424 g/mol. The first-order valence-corrected chi connectivity index (χ1v) is 11.1. The minimum absolute atomic E-state index is 0.00861. The Labute approximate surface area is 173 Å². The summed E-state index contributed by atoms with van der Waals surface area (Å²) >= 11 is 6.06. The normalized spacial score (nSPS) is 18.6. The molecule has 10 nitrogen and oxygen atoms in total. The van der Waals surface area contributed by atoms with Crippen molar-refractivity contribution >= 4 is 39.4 Å². The van der Waals surface area contributed by atoms with Gasteiger partial charge in [-0.1, -0.05) is 24.4 Å². The van der Waals surface area contributed by atoms with Crippen LogP contribution in [0.1, 0.15) is 25.7 Å². The van der Waals surface area contributed by atoms with Gasteiger partial charge in [0.05, 0.1) is 10.7 Å². The zero-order valence-corrected chi connectivity index (χ0v) is 17.2. The molecule has 4 N–H and O–H groups in total. The van der Waals surface area contributed by atoms with E-state index in [0.29, 0.717) is 0 Å². The number of rotatable bonds is 4. The Morgan fingerprint density at radius 1 is 1.10 bits per heavy atom. The minimum atomic E-state index is -4.19. The number of halogens is 1. The molecule has 0 bridgehead atoms. The zero-order chi connectivity index (χ0) is 21.2. The zero-order valence-electron chi connectivity index (χ0n) is 15.6. The molecule has 1 heterocycles. The van der Waals surface area contributed by atoms with Gasteiger partial charge in [-0.25, -0.2) is 18.0 Å². The molecule has 1 aromatic rings. The highest BCUT2D eigenvalue weighted by Gasteiger charge is 2.34. The van der Waals surface area contributed by atoms with E-state index in [2.05, 4.69) is 10.6 Å². The third-order valence-electron chi connectivity index (χ3n) is 5.13. The van der Waals surface area contributed by atoms with Gasteiger partial charge >= 0.3 is 12.1 Å². The maximum Gasteiger partial charge on any atom is 0.407 e. The van der Waals surface area contributed by atoms with Gasteiger partial charge in [-0.2, -0.15) is 4.31 Å². The highest BCUT2D eigenvalue weighted by Crippen LogP contribution is 2.38. The molecular formula is C17H23ClN4O6S. The number of benzene rings is 1. The van der Waals surface area contributed by atoms with Crippen molar-refractivity contribution in [2.75, 3.05) is 31.5 Å².